The molecule has 0 aromatic heterocycles. The molecule has 1 aliphatic rings. The van der Waals surface area contributed by atoms with Crippen LogP contribution in [0.25, 0.3) is 0 Å². The Morgan fingerprint density at radius 1 is 1.35 bits per heavy atom. The fourth-order valence-corrected chi connectivity index (χ4v) is 1.75. The van der Waals surface area contributed by atoms with Gasteiger partial charge in [0.2, 0.25) is 0 Å². The number of anilines is 1. The quantitative estimate of drug-likeness (QED) is 0.791. The molecule has 0 saturated heterocycles. The molecular weight excluding hydrogens is 216 g/mol. The van der Waals surface area contributed by atoms with E-state index >= 15 is 0 Å². The van der Waals surface area contributed by atoms with Crippen LogP contribution in [0.3, 0.4) is 0 Å². The van der Waals surface area contributed by atoms with Gasteiger partial charge in [0.05, 0.1) is 19.8 Å². The van der Waals surface area contributed by atoms with Crippen LogP contribution in [-0.4, -0.2) is 13.7 Å². The molecule has 2 N–H and O–H groups in total. The molecule has 90 valence electrons. The molecule has 0 unspecified atom stereocenters. The maximum atomic E-state index is 8.72. The summed E-state index contributed by atoms with van der Waals surface area (Å²) in [5.74, 6) is 1.39. The molecule has 0 amide bonds. The van der Waals surface area contributed by atoms with Gasteiger partial charge < -0.3 is 15.2 Å². The zero-order valence-electron chi connectivity index (χ0n) is 9.90. The van der Waals surface area contributed by atoms with Crippen LogP contribution in [0.2, 0.25) is 0 Å². The van der Waals surface area contributed by atoms with E-state index in [9.17, 15) is 0 Å². The molecule has 0 heterocycles. The van der Waals surface area contributed by atoms with Gasteiger partial charge in [0.1, 0.15) is 11.5 Å². The topological polar surface area (TPSA) is 68.3 Å². The van der Waals surface area contributed by atoms with E-state index < -0.39 is 0 Å². The minimum absolute atomic E-state index is 0.0760. The van der Waals surface area contributed by atoms with E-state index in [0.29, 0.717) is 30.2 Å². The number of methoxy groups -OCH3 is 1. The van der Waals surface area contributed by atoms with E-state index in [2.05, 4.69) is 6.07 Å². The van der Waals surface area contributed by atoms with Crippen LogP contribution in [0.15, 0.2) is 18.2 Å². The van der Waals surface area contributed by atoms with Crippen molar-refractivity contribution >= 4 is 5.69 Å². The van der Waals surface area contributed by atoms with Crippen LogP contribution in [0, 0.1) is 16.7 Å². The van der Waals surface area contributed by atoms with E-state index in [4.69, 9.17) is 20.5 Å². The SMILES string of the molecule is COc1cc(N)cc(OCC2(CC#N)CC2)c1. The molecule has 1 aromatic rings. The van der Waals surface area contributed by atoms with Crippen molar-refractivity contribution in [2.45, 2.75) is 19.3 Å². The van der Waals surface area contributed by atoms with Gasteiger partial charge in [-0.1, -0.05) is 0 Å². The second kappa shape index (κ2) is 4.54. The number of nitriles is 1. The predicted molar refractivity (Wildman–Crippen MR) is 64.8 cm³/mol. The average Bonchev–Trinajstić information content (AvgIpc) is 3.07. The summed E-state index contributed by atoms with van der Waals surface area (Å²) in [6.45, 7) is 0.577. The summed E-state index contributed by atoms with van der Waals surface area (Å²) in [6, 6.07) is 7.53. The van der Waals surface area contributed by atoms with Gasteiger partial charge in [-0.15, -0.1) is 0 Å². The van der Waals surface area contributed by atoms with E-state index in [-0.39, 0.29) is 5.41 Å². The van der Waals surface area contributed by atoms with Crippen molar-refractivity contribution < 1.29 is 9.47 Å². The Morgan fingerprint density at radius 2 is 2.06 bits per heavy atom. The number of benzene rings is 1. The van der Waals surface area contributed by atoms with Gasteiger partial charge in [-0.05, 0) is 12.8 Å². The van der Waals surface area contributed by atoms with Crippen LogP contribution in [-0.2, 0) is 0 Å². The Hall–Kier alpha value is -1.89. The van der Waals surface area contributed by atoms with E-state index in [0.717, 1.165) is 12.8 Å². The molecule has 17 heavy (non-hydrogen) atoms. The first-order valence-electron chi connectivity index (χ1n) is 5.62. The summed E-state index contributed by atoms with van der Waals surface area (Å²) in [6.07, 6.45) is 2.70. The molecule has 4 heteroatoms. The molecule has 1 aliphatic carbocycles. The number of nitrogen functional groups attached to an aromatic ring is 1. The Kier molecular flexibility index (Phi) is 3.10. The third kappa shape index (κ3) is 2.82. The van der Waals surface area contributed by atoms with Crippen molar-refractivity contribution in [1.82, 2.24) is 0 Å². The monoisotopic (exact) mass is 232 g/mol. The highest BCUT2D eigenvalue weighted by Crippen LogP contribution is 2.48. The Bertz CT molecular complexity index is 447. The molecule has 0 bridgehead atoms. The van der Waals surface area contributed by atoms with Crippen molar-refractivity contribution in [3.05, 3.63) is 18.2 Å². The number of hydrogen-bond donors (Lipinski definition) is 1. The maximum Gasteiger partial charge on any atom is 0.125 e. The summed E-state index contributed by atoms with van der Waals surface area (Å²) < 4.78 is 10.8. The van der Waals surface area contributed by atoms with Gasteiger partial charge in [0.25, 0.3) is 0 Å². The second-order valence-electron chi connectivity index (χ2n) is 4.57. The molecule has 0 spiro atoms. The van der Waals surface area contributed by atoms with Crippen LogP contribution in [0.4, 0.5) is 5.69 Å². The van der Waals surface area contributed by atoms with Gasteiger partial charge in [0, 0.05) is 35.7 Å². The van der Waals surface area contributed by atoms with Crippen LogP contribution in [0.5, 0.6) is 11.5 Å². The van der Waals surface area contributed by atoms with Crippen molar-refractivity contribution in [3.8, 4) is 17.6 Å². The lowest BCUT2D eigenvalue weighted by atomic mass is 10.1. The fourth-order valence-electron chi connectivity index (χ4n) is 1.75. The zero-order valence-corrected chi connectivity index (χ0v) is 9.90. The van der Waals surface area contributed by atoms with Gasteiger partial charge in [-0.2, -0.15) is 5.26 Å². The summed E-state index contributed by atoms with van der Waals surface area (Å²) >= 11 is 0. The number of hydrogen-bond acceptors (Lipinski definition) is 4. The highest BCUT2D eigenvalue weighted by molar-refractivity contribution is 5.50. The first kappa shape index (κ1) is 11.6. The minimum atomic E-state index is 0.0760. The number of rotatable bonds is 5. The highest BCUT2D eigenvalue weighted by atomic mass is 16.5. The first-order chi connectivity index (χ1) is 8.17. The van der Waals surface area contributed by atoms with Gasteiger partial charge in [0.15, 0.2) is 0 Å². The van der Waals surface area contributed by atoms with Crippen molar-refractivity contribution in [1.29, 1.82) is 5.26 Å². The molecule has 1 saturated carbocycles. The molecule has 1 aromatic carbocycles. The van der Waals surface area contributed by atoms with Crippen LogP contribution in [0.1, 0.15) is 19.3 Å². The standard InChI is InChI=1S/C13H16N2O2/c1-16-11-6-10(15)7-12(8-11)17-9-13(2-3-13)4-5-14/h6-8H,2-4,9,15H2,1H3. The van der Waals surface area contributed by atoms with E-state index in [1.807, 2.05) is 0 Å². The molecule has 0 aliphatic heterocycles. The second-order valence-corrected chi connectivity index (χ2v) is 4.57. The smallest absolute Gasteiger partial charge is 0.125 e. The van der Waals surface area contributed by atoms with Crippen molar-refractivity contribution in [2.75, 3.05) is 19.5 Å². The van der Waals surface area contributed by atoms with Gasteiger partial charge in [-0.25, -0.2) is 0 Å². The lowest BCUT2D eigenvalue weighted by molar-refractivity contribution is 0.236. The van der Waals surface area contributed by atoms with Crippen LogP contribution >= 0.6 is 0 Å². The number of nitrogens with two attached hydrogens (primary N) is 1. The lowest BCUT2D eigenvalue weighted by Gasteiger charge is -2.14. The Morgan fingerprint density at radius 3 is 2.65 bits per heavy atom. The third-order valence-electron chi connectivity index (χ3n) is 3.09. The van der Waals surface area contributed by atoms with E-state index in [1.165, 1.54) is 0 Å². The zero-order chi connectivity index (χ0) is 12.3. The molecule has 1 fully saturated rings. The minimum Gasteiger partial charge on any atom is -0.497 e. The Labute approximate surface area is 101 Å². The van der Waals surface area contributed by atoms with Crippen molar-refractivity contribution in [3.63, 3.8) is 0 Å². The van der Waals surface area contributed by atoms with Gasteiger partial charge in [-0.3, -0.25) is 0 Å². The summed E-state index contributed by atoms with van der Waals surface area (Å²) in [5.41, 5.74) is 6.43. The molecule has 0 atom stereocenters. The Balaban J connectivity index is 1.99. The third-order valence-corrected chi connectivity index (χ3v) is 3.09. The number of ether oxygens (including phenoxy) is 2. The molecular formula is C13H16N2O2. The highest BCUT2D eigenvalue weighted by Gasteiger charge is 2.43. The van der Waals surface area contributed by atoms with Crippen molar-refractivity contribution in [2.24, 2.45) is 5.41 Å². The van der Waals surface area contributed by atoms with Gasteiger partial charge >= 0.3 is 0 Å². The lowest BCUT2D eigenvalue weighted by Crippen LogP contribution is -2.12. The van der Waals surface area contributed by atoms with Crippen LogP contribution < -0.4 is 15.2 Å². The molecule has 2 rings (SSSR count). The average molecular weight is 232 g/mol. The largest absolute Gasteiger partial charge is 0.497 e. The number of nitrogens with zero attached hydrogens (tertiary/aromatic N) is 1. The fraction of sp³-hybridized carbons (Fsp3) is 0.462. The predicted octanol–water partition coefficient (Wildman–Crippen LogP) is 2.35. The first-order valence-corrected chi connectivity index (χ1v) is 5.62. The molecule has 4 nitrogen and oxygen atoms in total. The van der Waals surface area contributed by atoms with E-state index in [1.54, 1.807) is 25.3 Å². The maximum absolute atomic E-state index is 8.72. The summed E-state index contributed by atoms with van der Waals surface area (Å²) in [7, 11) is 1.59. The summed E-state index contributed by atoms with van der Waals surface area (Å²) in [5, 5.41) is 8.72. The summed E-state index contributed by atoms with van der Waals surface area (Å²) in [4.78, 5) is 0. The molecule has 0 radical (unpaired) electrons. The normalized spacial score (nSPS) is 16.0.